The summed E-state index contributed by atoms with van der Waals surface area (Å²) < 4.78 is 2.55. The molecule has 84 valence electrons. The van der Waals surface area contributed by atoms with Gasteiger partial charge < -0.3 is 5.73 Å². The summed E-state index contributed by atoms with van der Waals surface area (Å²) in [5.74, 6) is 0.275. The number of tetrazole rings is 1. The quantitative estimate of drug-likeness (QED) is 0.745. The number of hydrogen-bond donors (Lipinski definition) is 1. The number of rotatable bonds is 1. The lowest BCUT2D eigenvalue weighted by molar-refractivity contribution is 0.795. The first-order chi connectivity index (χ1) is 8.27. The first-order valence-electron chi connectivity index (χ1n) is 4.99. The number of halogens is 1. The average molecular weight is 290 g/mol. The molecule has 0 atom stereocenters. The molecule has 0 bridgehead atoms. The average Bonchev–Trinajstić information content (AvgIpc) is 2.77. The van der Waals surface area contributed by atoms with Crippen molar-refractivity contribution in [2.75, 3.05) is 5.73 Å². The number of aromatic nitrogens is 4. The maximum atomic E-state index is 5.72. The molecule has 0 aliphatic carbocycles. The maximum absolute atomic E-state index is 5.72. The summed E-state index contributed by atoms with van der Waals surface area (Å²) >= 11 is 3.52. The van der Waals surface area contributed by atoms with Gasteiger partial charge in [0.2, 0.25) is 5.95 Å². The number of hydrogen-bond acceptors (Lipinski definition) is 4. The Balaban J connectivity index is 2.39. The van der Waals surface area contributed by atoms with E-state index in [4.69, 9.17) is 5.73 Å². The van der Waals surface area contributed by atoms with E-state index in [2.05, 4.69) is 31.5 Å². The Kier molecular flexibility index (Phi) is 2.29. The van der Waals surface area contributed by atoms with Crippen molar-refractivity contribution in [3.05, 3.63) is 40.9 Å². The molecule has 0 saturated heterocycles. The fraction of sp³-hybridized carbons (Fsp3) is 0. The SMILES string of the molecule is Nc1nnnn1-c1ccc(Br)c2ccccc12. The molecule has 3 rings (SSSR count). The molecule has 17 heavy (non-hydrogen) atoms. The Morgan fingerprint density at radius 3 is 2.53 bits per heavy atom. The van der Waals surface area contributed by atoms with Gasteiger partial charge >= 0.3 is 0 Å². The van der Waals surface area contributed by atoms with E-state index >= 15 is 0 Å². The van der Waals surface area contributed by atoms with Gasteiger partial charge in [0.25, 0.3) is 0 Å². The van der Waals surface area contributed by atoms with Gasteiger partial charge in [0.15, 0.2) is 0 Å². The van der Waals surface area contributed by atoms with Gasteiger partial charge in [-0.25, -0.2) is 0 Å². The third kappa shape index (κ3) is 1.57. The third-order valence-electron chi connectivity index (χ3n) is 2.57. The predicted molar refractivity (Wildman–Crippen MR) is 68.8 cm³/mol. The fourth-order valence-electron chi connectivity index (χ4n) is 1.80. The summed E-state index contributed by atoms with van der Waals surface area (Å²) in [5.41, 5.74) is 6.58. The minimum absolute atomic E-state index is 0.275. The third-order valence-corrected chi connectivity index (χ3v) is 3.26. The lowest BCUT2D eigenvalue weighted by Gasteiger charge is -2.07. The van der Waals surface area contributed by atoms with Gasteiger partial charge in [-0.1, -0.05) is 45.3 Å². The molecule has 1 heterocycles. The van der Waals surface area contributed by atoms with Crippen molar-refractivity contribution in [2.45, 2.75) is 0 Å². The van der Waals surface area contributed by atoms with E-state index in [1.807, 2.05) is 36.4 Å². The van der Waals surface area contributed by atoms with Crippen molar-refractivity contribution < 1.29 is 0 Å². The highest BCUT2D eigenvalue weighted by Gasteiger charge is 2.09. The topological polar surface area (TPSA) is 69.6 Å². The Labute approximate surface area is 105 Å². The van der Waals surface area contributed by atoms with Crippen LogP contribution in [0.5, 0.6) is 0 Å². The van der Waals surface area contributed by atoms with E-state index in [9.17, 15) is 0 Å². The Morgan fingerprint density at radius 1 is 1.06 bits per heavy atom. The van der Waals surface area contributed by atoms with Gasteiger partial charge in [0.05, 0.1) is 5.69 Å². The minimum atomic E-state index is 0.275. The summed E-state index contributed by atoms with van der Waals surface area (Å²) in [6, 6.07) is 11.9. The first kappa shape index (κ1) is 10.2. The summed E-state index contributed by atoms with van der Waals surface area (Å²) in [7, 11) is 0. The molecule has 3 aromatic rings. The second kappa shape index (κ2) is 3.81. The van der Waals surface area contributed by atoms with E-state index in [-0.39, 0.29) is 5.95 Å². The zero-order valence-electron chi connectivity index (χ0n) is 8.71. The molecule has 0 unspecified atom stereocenters. The molecule has 0 fully saturated rings. The monoisotopic (exact) mass is 289 g/mol. The Hall–Kier alpha value is -1.95. The molecule has 6 heteroatoms. The van der Waals surface area contributed by atoms with E-state index in [1.165, 1.54) is 4.68 Å². The van der Waals surface area contributed by atoms with E-state index in [0.29, 0.717) is 0 Å². The van der Waals surface area contributed by atoms with E-state index in [1.54, 1.807) is 0 Å². The number of fused-ring (bicyclic) bond motifs is 1. The second-order valence-electron chi connectivity index (χ2n) is 3.56. The standard InChI is InChI=1S/C11H8BrN5/c12-9-5-6-10(17-11(13)14-15-16-17)8-4-2-1-3-7(8)9/h1-6H,(H2,13,14,16). The van der Waals surface area contributed by atoms with Crippen molar-refractivity contribution >= 4 is 32.7 Å². The van der Waals surface area contributed by atoms with Gasteiger partial charge in [-0.3, -0.25) is 0 Å². The van der Waals surface area contributed by atoms with Crippen LogP contribution in [-0.2, 0) is 0 Å². The zero-order valence-corrected chi connectivity index (χ0v) is 10.3. The lowest BCUT2D eigenvalue weighted by atomic mass is 10.1. The molecule has 2 N–H and O–H groups in total. The Bertz CT molecular complexity index is 691. The van der Waals surface area contributed by atoms with E-state index < -0.39 is 0 Å². The van der Waals surface area contributed by atoms with Crippen LogP contribution in [0, 0.1) is 0 Å². The van der Waals surface area contributed by atoms with Crippen LogP contribution >= 0.6 is 15.9 Å². The van der Waals surface area contributed by atoms with Crippen molar-refractivity contribution in [3.63, 3.8) is 0 Å². The molecule has 0 aliphatic rings. The maximum Gasteiger partial charge on any atom is 0.245 e. The smallest absolute Gasteiger partial charge is 0.245 e. The van der Waals surface area contributed by atoms with Crippen molar-refractivity contribution in [1.82, 2.24) is 20.2 Å². The van der Waals surface area contributed by atoms with Gasteiger partial charge in [-0.15, -0.1) is 0 Å². The van der Waals surface area contributed by atoms with Gasteiger partial charge in [-0.2, -0.15) is 4.68 Å². The van der Waals surface area contributed by atoms with Crippen LogP contribution in [0.15, 0.2) is 40.9 Å². The zero-order chi connectivity index (χ0) is 11.8. The number of benzene rings is 2. The number of nitrogen functional groups attached to an aromatic ring is 1. The first-order valence-corrected chi connectivity index (χ1v) is 5.78. The van der Waals surface area contributed by atoms with Crippen LogP contribution < -0.4 is 5.73 Å². The molecular formula is C11H8BrN5. The summed E-state index contributed by atoms with van der Waals surface area (Å²) in [6.07, 6.45) is 0. The van der Waals surface area contributed by atoms with Crippen molar-refractivity contribution in [1.29, 1.82) is 0 Å². The number of anilines is 1. The second-order valence-corrected chi connectivity index (χ2v) is 4.42. The normalized spacial score (nSPS) is 10.9. The number of nitrogens with zero attached hydrogens (tertiary/aromatic N) is 4. The van der Waals surface area contributed by atoms with Crippen LogP contribution in [0.2, 0.25) is 0 Å². The lowest BCUT2D eigenvalue weighted by Crippen LogP contribution is -2.03. The molecular weight excluding hydrogens is 282 g/mol. The van der Waals surface area contributed by atoms with Gasteiger partial charge in [0.1, 0.15) is 0 Å². The molecule has 1 aromatic heterocycles. The molecule has 0 aliphatic heterocycles. The summed E-state index contributed by atoms with van der Waals surface area (Å²) in [4.78, 5) is 0. The summed E-state index contributed by atoms with van der Waals surface area (Å²) in [5, 5.41) is 13.3. The predicted octanol–water partition coefficient (Wildman–Crippen LogP) is 2.16. The molecule has 0 saturated carbocycles. The van der Waals surface area contributed by atoms with Crippen LogP contribution in [0.25, 0.3) is 16.5 Å². The molecule has 2 aromatic carbocycles. The van der Waals surface area contributed by atoms with Gasteiger partial charge in [0, 0.05) is 9.86 Å². The molecule has 0 radical (unpaired) electrons. The summed E-state index contributed by atoms with van der Waals surface area (Å²) in [6.45, 7) is 0. The van der Waals surface area contributed by atoms with Crippen LogP contribution in [0.4, 0.5) is 5.95 Å². The highest BCUT2D eigenvalue weighted by atomic mass is 79.9. The molecule has 0 spiro atoms. The highest BCUT2D eigenvalue weighted by molar-refractivity contribution is 9.10. The van der Waals surface area contributed by atoms with Crippen LogP contribution in [-0.4, -0.2) is 20.2 Å². The van der Waals surface area contributed by atoms with Crippen molar-refractivity contribution in [3.8, 4) is 5.69 Å². The minimum Gasteiger partial charge on any atom is -0.366 e. The van der Waals surface area contributed by atoms with Crippen LogP contribution in [0.1, 0.15) is 0 Å². The highest BCUT2D eigenvalue weighted by Crippen LogP contribution is 2.29. The largest absolute Gasteiger partial charge is 0.366 e. The van der Waals surface area contributed by atoms with Gasteiger partial charge in [-0.05, 0) is 27.9 Å². The van der Waals surface area contributed by atoms with Crippen LogP contribution in [0.3, 0.4) is 0 Å². The fourth-order valence-corrected chi connectivity index (χ4v) is 2.27. The molecule has 5 nitrogen and oxygen atoms in total. The Morgan fingerprint density at radius 2 is 1.82 bits per heavy atom. The number of nitrogens with two attached hydrogens (primary N) is 1. The van der Waals surface area contributed by atoms with Crippen molar-refractivity contribution in [2.24, 2.45) is 0 Å². The molecule has 0 amide bonds. The van der Waals surface area contributed by atoms with E-state index in [0.717, 1.165) is 20.9 Å².